The Morgan fingerprint density at radius 2 is 2.04 bits per heavy atom. The van der Waals surface area contributed by atoms with Crippen molar-refractivity contribution < 1.29 is 28.9 Å². The molecular formula is C16H29N3O6. The molecule has 0 aromatic heterocycles. The molecule has 9 heteroatoms. The summed E-state index contributed by atoms with van der Waals surface area (Å²) < 4.78 is 16.5. The molecule has 0 aliphatic carbocycles. The number of carbonyl (C=O) groups excluding carboxylic acids is 2. The monoisotopic (exact) mass is 359 g/mol. The standard InChI is InChI=1S/C16H29N3O6/c1-9(2)19-16(22)18-8-12-14(21)15-11(25-12)6-10(24-15)7-13(20)17-4-5-23-3/h9-12,14-15,21H,4-8H2,1-3H3,(H,17,20)(H2,18,19,22). The molecule has 25 heavy (non-hydrogen) atoms. The number of amides is 3. The van der Waals surface area contributed by atoms with Gasteiger partial charge in [0, 0.05) is 32.7 Å². The van der Waals surface area contributed by atoms with Crippen molar-refractivity contribution >= 4 is 11.9 Å². The van der Waals surface area contributed by atoms with Gasteiger partial charge in [-0.1, -0.05) is 0 Å². The van der Waals surface area contributed by atoms with Crippen molar-refractivity contribution in [3.63, 3.8) is 0 Å². The van der Waals surface area contributed by atoms with Crippen LogP contribution in [0.2, 0.25) is 0 Å². The molecule has 2 aliphatic rings. The maximum Gasteiger partial charge on any atom is 0.315 e. The van der Waals surface area contributed by atoms with Crippen LogP contribution < -0.4 is 16.0 Å². The quantitative estimate of drug-likeness (QED) is 0.419. The van der Waals surface area contributed by atoms with Gasteiger partial charge >= 0.3 is 6.03 Å². The molecule has 2 aliphatic heterocycles. The van der Waals surface area contributed by atoms with Crippen molar-refractivity contribution in [1.29, 1.82) is 0 Å². The van der Waals surface area contributed by atoms with Gasteiger partial charge in [0.15, 0.2) is 0 Å². The largest absolute Gasteiger partial charge is 0.388 e. The maximum absolute atomic E-state index is 11.8. The molecule has 0 radical (unpaired) electrons. The first-order chi connectivity index (χ1) is 11.9. The molecule has 5 atom stereocenters. The predicted molar refractivity (Wildman–Crippen MR) is 89.1 cm³/mol. The van der Waals surface area contributed by atoms with Gasteiger partial charge in [-0.05, 0) is 13.8 Å². The lowest BCUT2D eigenvalue weighted by atomic mass is 10.1. The fourth-order valence-electron chi connectivity index (χ4n) is 3.09. The Hall–Kier alpha value is -1.42. The third-order valence-corrected chi connectivity index (χ3v) is 4.20. The van der Waals surface area contributed by atoms with Gasteiger partial charge in [0.2, 0.25) is 5.91 Å². The molecule has 3 amide bonds. The van der Waals surface area contributed by atoms with Crippen molar-refractivity contribution in [2.75, 3.05) is 26.8 Å². The van der Waals surface area contributed by atoms with Crippen molar-refractivity contribution in [2.24, 2.45) is 0 Å². The summed E-state index contributed by atoms with van der Waals surface area (Å²) in [6.45, 7) is 4.86. The van der Waals surface area contributed by atoms with Crippen molar-refractivity contribution in [3.8, 4) is 0 Å². The van der Waals surface area contributed by atoms with Crippen LogP contribution in [-0.2, 0) is 19.0 Å². The molecule has 0 saturated carbocycles. The number of aliphatic hydroxyl groups is 1. The second kappa shape index (κ2) is 9.33. The normalized spacial score (nSPS) is 31.0. The zero-order chi connectivity index (χ0) is 18.4. The Kier molecular flexibility index (Phi) is 7.42. The summed E-state index contributed by atoms with van der Waals surface area (Å²) >= 11 is 0. The van der Waals surface area contributed by atoms with E-state index >= 15 is 0 Å². The molecule has 0 aromatic carbocycles. The number of methoxy groups -OCH3 is 1. The Morgan fingerprint density at radius 1 is 1.28 bits per heavy atom. The van der Waals surface area contributed by atoms with Crippen LogP contribution in [0.3, 0.4) is 0 Å². The Balaban J connectivity index is 1.71. The minimum absolute atomic E-state index is 0.0351. The van der Waals surface area contributed by atoms with E-state index < -0.39 is 18.3 Å². The lowest BCUT2D eigenvalue weighted by Crippen LogP contribution is -2.45. The molecular weight excluding hydrogens is 330 g/mol. The fraction of sp³-hybridized carbons (Fsp3) is 0.875. The average Bonchev–Trinajstić information content (AvgIpc) is 3.04. The van der Waals surface area contributed by atoms with Crippen LogP contribution >= 0.6 is 0 Å². The lowest BCUT2D eigenvalue weighted by Gasteiger charge is -2.20. The molecule has 4 N–H and O–H groups in total. The van der Waals surface area contributed by atoms with E-state index in [2.05, 4.69) is 16.0 Å². The highest BCUT2D eigenvalue weighted by molar-refractivity contribution is 5.76. The van der Waals surface area contributed by atoms with E-state index in [-0.39, 0.29) is 43.2 Å². The SMILES string of the molecule is COCCNC(=O)CC1CC2OC(CNC(=O)NC(C)C)C(O)C2O1. The zero-order valence-corrected chi connectivity index (χ0v) is 15.0. The van der Waals surface area contributed by atoms with Crippen LogP contribution in [-0.4, -0.2) is 80.4 Å². The van der Waals surface area contributed by atoms with E-state index in [1.165, 1.54) is 0 Å². The molecule has 2 saturated heterocycles. The summed E-state index contributed by atoms with van der Waals surface area (Å²) in [6.07, 6.45) is -1.55. The molecule has 0 spiro atoms. The van der Waals surface area contributed by atoms with E-state index in [9.17, 15) is 14.7 Å². The first-order valence-electron chi connectivity index (χ1n) is 8.69. The van der Waals surface area contributed by atoms with Crippen LogP contribution in [0.15, 0.2) is 0 Å². The molecule has 2 heterocycles. The van der Waals surface area contributed by atoms with Gasteiger partial charge in [0.1, 0.15) is 18.3 Å². The van der Waals surface area contributed by atoms with Gasteiger partial charge in [-0.25, -0.2) is 4.79 Å². The Labute approximate surface area is 147 Å². The molecule has 9 nitrogen and oxygen atoms in total. The third kappa shape index (κ3) is 5.81. The number of rotatable bonds is 8. The van der Waals surface area contributed by atoms with E-state index in [4.69, 9.17) is 14.2 Å². The van der Waals surface area contributed by atoms with Crippen LogP contribution in [0.4, 0.5) is 4.79 Å². The second-order valence-electron chi connectivity index (χ2n) is 6.72. The van der Waals surface area contributed by atoms with E-state index in [1.807, 2.05) is 13.8 Å². The summed E-state index contributed by atoms with van der Waals surface area (Å²) in [5.74, 6) is -0.111. The summed E-state index contributed by atoms with van der Waals surface area (Å²) in [6, 6.07) is -0.262. The Morgan fingerprint density at radius 3 is 2.68 bits per heavy atom. The van der Waals surface area contributed by atoms with E-state index in [0.29, 0.717) is 19.6 Å². The van der Waals surface area contributed by atoms with Gasteiger partial charge in [-0.15, -0.1) is 0 Å². The molecule has 2 rings (SSSR count). The van der Waals surface area contributed by atoms with Crippen LogP contribution in [0.1, 0.15) is 26.7 Å². The summed E-state index contributed by atoms with van der Waals surface area (Å²) in [5.41, 5.74) is 0. The zero-order valence-electron chi connectivity index (χ0n) is 15.0. The highest BCUT2D eigenvalue weighted by Gasteiger charge is 2.50. The first-order valence-corrected chi connectivity index (χ1v) is 8.69. The van der Waals surface area contributed by atoms with Crippen molar-refractivity contribution in [1.82, 2.24) is 16.0 Å². The van der Waals surface area contributed by atoms with Crippen molar-refractivity contribution in [3.05, 3.63) is 0 Å². The number of ether oxygens (including phenoxy) is 3. The molecule has 2 fully saturated rings. The molecule has 144 valence electrons. The Bertz CT molecular complexity index is 461. The van der Waals surface area contributed by atoms with Gasteiger partial charge in [-0.2, -0.15) is 0 Å². The van der Waals surface area contributed by atoms with E-state index in [0.717, 1.165) is 0 Å². The van der Waals surface area contributed by atoms with Gasteiger partial charge in [0.25, 0.3) is 0 Å². The second-order valence-corrected chi connectivity index (χ2v) is 6.72. The third-order valence-electron chi connectivity index (χ3n) is 4.20. The van der Waals surface area contributed by atoms with Crippen LogP contribution in [0.5, 0.6) is 0 Å². The maximum atomic E-state index is 11.8. The van der Waals surface area contributed by atoms with Crippen molar-refractivity contribution in [2.45, 2.75) is 63.3 Å². The topological polar surface area (TPSA) is 118 Å². The highest BCUT2D eigenvalue weighted by atomic mass is 16.6. The molecule has 0 bridgehead atoms. The average molecular weight is 359 g/mol. The van der Waals surface area contributed by atoms with Gasteiger partial charge in [-0.3, -0.25) is 4.79 Å². The van der Waals surface area contributed by atoms with Crippen LogP contribution in [0.25, 0.3) is 0 Å². The number of hydrogen-bond donors (Lipinski definition) is 4. The number of nitrogens with one attached hydrogen (secondary N) is 3. The minimum Gasteiger partial charge on any atom is -0.388 e. The fourth-order valence-corrected chi connectivity index (χ4v) is 3.09. The van der Waals surface area contributed by atoms with Gasteiger partial charge < -0.3 is 35.3 Å². The van der Waals surface area contributed by atoms with E-state index in [1.54, 1.807) is 7.11 Å². The lowest BCUT2D eigenvalue weighted by molar-refractivity contribution is -0.124. The number of carbonyl (C=O) groups is 2. The smallest absolute Gasteiger partial charge is 0.315 e. The van der Waals surface area contributed by atoms with Crippen LogP contribution in [0, 0.1) is 0 Å². The summed E-state index contributed by atoms with van der Waals surface area (Å²) in [7, 11) is 1.57. The summed E-state index contributed by atoms with van der Waals surface area (Å²) in [5, 5.41) is 18.5. The van der Waals surface area contributed by atoms with Gasteiger partial charge in [0.05, 0.1) is 25.2 Å². The number of hydrogen-bond acceptors (Lipinski definition) is 6. The molecule has 5 unspecified atom stereocenters. The highest BCUT2D eigenvalue weighted by Crippen LogP contribution is 2.35. The summed E-state index contributed by atoms with van der Waals surface area (Å²) in [4.78, 5) is 23.4. The predicted octanol–water partition coefficient (Wildman–Crippen LogP) is -0.867. The molecule has 0 aromatic rings. The number of aliphatic hydroxyl groups excluding tert-OH is 1. The number of fused-ring (bicyclic) bond motifs is 1. The number of urea groups is 1. The minimum atomic E-state index is -0.828. The first kappa shape index (κ1) is 19.9.